The first-order valence-electron chi connectivity index (χ1n) is 10.8. The number of ether oxygens (including phenoxy) is 2. The van der Waals surface area contributed by atoms with Gasteiger partial charge in [0.2, 0.25) is 0 Å². The lowest BCUT2D eigenvalue weighted by Gasteiger charge is -2.20. The van der Waals surface area contributed by atoms with E-state index in [1.54, 1.807) is 35.2 Å². The number of carbonyl (C=O) groups excluding carboxylic acids is 2. The molecule has 2 heterocycles. The molecule has 0 aliphatic carbocycles. The zero-order valence-electron chi connectivity index (χ0n) is 19.7. The van der Waals surface area contributed by atoms with Gasteiger partial charge in [-0.1, -0.05) is 0 Å². The molecule has 2 amide bonds. The lowest BCUT2D eigenvalue weighted by Crippen LogP contribution is -3.00. The van der Waals surface area contributed by atoms with Crippen molar-refractivity contribution in [3.8, 4) is 16.9 Å². The molecule has 0 radical (unpaired) electrons. The van der Waals surface area contributed by atoms with E-state index in [4.69, 9.17) is 9.47 Å². The van der Waals surface area contributed by atoms with Crippen LogP contribution in [0.25, 0.3) is 11.1 Å². The van der Waals surface area contributed by atoms with Gasteiger partial charge >= 0.3 is 18.2 Å². The summed E-state index contributed by atoms with van der Waals surface area (Å²) < 4.78 is 66.3. The summed E-state index contributed by atoms with van der Waals surface area (Å²) in [6, 6.07) is 8.82. The average Bonchev–Trinajstić information content (AvgIpc) is 3.24. The summed E-state index contributed by atoms with van der Waals surface area (Å²) >= 11 is 0. The number of fused-ring (bicyclic) bond motifs is 1. The van der Waals surface area contributed by atoms with Crippen LogP contribution in [0.15, 0.2) is 54.9 Å². The lowest BCUT2D eigenvalue weighted by atomic mass is 10.1. The second-order valence-electron chi connectivity index (χ2n) is 8.11. The molecular weight excluding hydrogens is 518 g/mol. The van der Waals surface area contributed by atoms with E-state index in [9.17, 15) is 27.2 Å². The van der Waals surface area contributed by atoms with Crippen molar-refractivity contribution in [2.45, 2.75) is 26.3 Å². The maximum absolute atomic E-state index is 14.4. The minimum Gasteiger partial charge on any atom is -1.00 e. The second kappa shape index (κ2) is 11.0. The van der Waals surface area contributed by atoms with Crippen LogP contribution in [-0.2, 0) is 28.9 Å². The summed E-state index contributed by atoms with van der Waals surface area (Å²) in [6.45, 7) is 1.41. The van der Waals surface area contributed by atoms with Gasteiger partial charge in [0.1, 0.15) is 11.6 Å². The molecule has 37 heavy (non-hydrogen) atoms. The van der Waals surface area contributed by atoms with Gasteiger partial charge in [0.25, 0.3) is 6.73 Å². The minimum absolute atomic E-state index is 0. The quantitative estimate of drug-likeness (QED) is 0.306. The fraction of sp³-hybridized carbons (Fsp3) is 0.240. The van der Waals surface area contributed by atoms with Gasteiger partial charge in [-0.3, -0.25) is 9.69 Å². The Hall–Kier alpha value is -3.86. The maximum atomic E-state index is 14.4. The van der Waals surface area contributed by atoms with Crippen molar-refractivity contribution in [1.29, 1.82) is 0 Å². The lowest BCUT2D eigenvalue weighted by molar-refractivity contribution is -0.727. The van der Waals surface area contributed by atoms with E-state index in [1.165, 1.54) is 24.0 Å². The average molecular weight is 540 g/mol. The van der Waals surface area contributed by atoms with Crippen LogP contribution < -0.4 is 31.9 Å². The third kappa shape index (κ3) is 6.29. The number of alkyl halides is 3. The van der Waals surface area contributed by atoms with Gasteiger partial charge in [-0.05, 0) is 53.9 Å². The van der Waals surface area contributed by atoms with E-state index in [1.807, 2.05) is 0 Å². The molecule has 1 aromatic heterocycles. The van der Waals surface area contributed by atoms with Gasteiger partial charge in [0.05, 0.1) is 12.7 Å². The van der Waals surface area contributed by atoms with Gasteiger partial charge in [-0.25, -0.2) is 9.18 Å². The Kier molecular flexibility index (Phi) is 8.27. The van der Waals surface area contributed by atoms with E-state index in [-0.39, 0.29) is 42.8 Å². The molecule has 0 unspecified atom stereocenters. The molecule has 12 heteroatoms. The zero-order valence-corrected chi connectivity index (χ0v) is 20.5. The van der Waals surface area contributed by atoms with Crippen LogP contribution in [0.1, 0.15) is 18.1 Å². The predicted octanol–water partition coefficient (Wildman–Crippen LogP) is 1.93. The molecule has 0 saturated heterocycles. The van der Waals surface area contributed by atoms with Crippen molar-refractivity contribution in [3.63, 3.8) is 0 Å². The van der Waals surface area contributed by atoms with Gasteiger partial charge in [0.15, 0.2) is 12.4 Å². The Morgan fingerprint density at radius 2 is 1.89 bits per heavy atom. The topological polar surface area (TPSA) is 71.8 Å². The molecule has 3 aromatic rings. The molecule has 1 aliphatic rings. The highest BCUT2D eigenvalue weighted by atomic mass is 35.5. The zero-order chi connectivity index (χ0) is 26.0. The normalized spacial score (nSPS) is 12.4. The number of nitrogens with zero attached hydrogens (tertiary/aromatic N) is 2. The summed E-state index contributed by atoms with van der Waals surface area (Å²) in [7, 11) is 1.16. The molecule has 7 nitrogen and oxygen atoms in total. The highest BCUT2D eigenvalue weighted by Gasteiger charge is 2.37. The van der Waals surface area contributed by atoms with Gasteiger partial charge in [0, 0.05) is 36.5 Å². The summed E-state index contributed by atoms with van der Waals surface area (Å²) in [5.74, 6) is -1.39. The third-order valence-electron chi connectivity index (χ3n) is 5.60. The van der Waals surface area contributed by atoms with Crippen molar-refractivity contribution in [2.75, 3.05) is 23.9 Å². The number of rotatable bonds is 5. The fourth-order valence-corrected chi connectivity index (χ4v) is 3.97. The third-order valence-corrected chi connectivity index (χ3v) is 5.60. The number of anilines is 2. The van der Waals surface area contributed by atoms with Crippen LogP contribution in [0.3, 0.4) is 0 Å². The fourth-order valence-electron chi connectivity index (χ4n) is 3.97. The Labute approximate surface area is 216 Å². The number of pyridine rings is 1. The molecule has 0 atom stereocenters. The van der Waals surface area contributed by atoms with Crippen molar-refractivity contribution in [2.24, 2.45) is 0 Å². The van der Waals surface area contributed by atoms with Crippen LogP contribution in [0, 0.1) is 5.82 Å². The summed E-state index contributed by atoms with van der Waals surface area (Å²) in [5, 5.41) is 2.58. The summed E-state index contributed by atoms with van der Waals surface area (Å²) in [6.07, 6.45) is -1.00. The van der Waals surface area contributed by atoms with Crippen molar-refractivity contribution < 1.29 is 53.6 Å². The van der Waals surface area contributed by atoms with E-state index in [0.29, 0.717) is 23.1 Å². The number of amides is 2. The summed E-state index contributed by atoms with van der Waals surface area (Å²) in [4.78, 5) is 25.2. The first-order chi connectivity index (χ1) is 17.0. The highest BCUT2D eigenvalue weighted by molar-refractivity contribution is 6.03. The number of hydrogen-bond donors (Lipinski definition) is 1. The van der Waals surface area contributed by atoms with E-state index >= 15 is 0 Å². The van der Waals surface area contributed by atoms with Crippen molar-refractivity contribution in [3.05, 3.63) is 71.8 Å². The molecule has 196 valence electrons. The highest BCUT2D eigenvalue weighted by Crippen LogP contribution is 2.42. The largest absolute Gasteiger partial charge is 1.00 e. The Morgan fingerprint density at radius 3 is 2.57 bits per heavy atom. The molecule has 2 aromatic carbocycles. The molecule has 4 rings (SSSR count). The number of benzene rings is 2. The van der Waals surface area contributed by atoms with E-state index in [0.717, 1.165) is 19.2 Å². The number of urea groups is 1. The van der Waals surface area contributed by atoms with Crippen LogP contribution in [0.5, 0.6) is 5.75 Å². The number of halogens is 5. The number of methoxy groups -OCH3 is 1. The van der Waals surface area contributed by atoms with Crippen molar-refractivity contribution in [1.82, 2.24) is 0 Å². The van der Waals surface area contributed by atoms with Crippen LogP contribution >= 0.6 is 0 Å². The minimum atomic E-state index is -4.66. The molecule has 0 bridgehead atoms. The number of nitrogens with one attached hydrogen (secondary N) is 1. The van der Waals surface area contributed by atoms with Gasteiger partial charge in [-0.15, -0.1) is 0 Å². The number of hydrogen-bond acceptors (Lipinski definition) is 4. The number of aromatic nitrogens is 1. The first kappa shape index (κ1) is 27.7. The Morgan fingerprint density at radius 1 is 1.14 bits per heavy atom. The second-order valence-corrected chi connectivity index (χ2v) is 8.11. The van der Waals surface area contributed by atoms with Crippen LogP contribution in [0.2, 0.25) is 0 Å². The van der Waals surface area contributed by atoms with Gasteiger partial charge < -0.3 is 27.2 Å². The maximum Gasteiger partial charge on any atom is 0.420 e. The number of esters is 1. The van der Waals surface area contributed by atoms with Crippen molar-refractivity contribution >= 4 is 23.4 Å². The smallest absolute Gasteiger partial charge is 0.420 e. The Bertz CT molecular complexity index is 1330. The summed E-state index contributed by atoms with van der Waals surface area (Å²) in [5.41, 5.74) is 0.830. The molecule has 1 aliphatic heterocycles. The standard InChI is InChI=1S/C25H21F4N3O4.ClH/c1-15(33)36-14-31-6-3-4-17(13-31)18-8-19(26)11-20(9-18)30-24(34)32-7-5-16-10-23(35-2)21(12-22(16)32)25(27,28)29;/h3-4,6,8-13H,5,7,14H2,1-2H3;1H. The molecule has 0 spiro atoms. The van der Waals surface area contributed by atoms with Gasteiger partial charge in [-0.2, -0.15) is 17.7 Å². The number of carbonyl (C=O) groups is 2. The van der Waals surface area contributed by atoms with Crippen LogP contribution in [-0.4, -0.2) is 25.7 Å². The monoisotopic (exact) mass is 539 g/mol. The van der Waals surface area contributed by atoms with E-state index < -0.39 is 29.6 Å². The molecular formula is C25H22ClF4N3O4. The molecule has 0 saturated carbocycles. The molecule has 0 fully saturated rings. The first-order valence-corrected chi connectivity index (χ1v) is 10.8. The predicted molar refractivity (Wildman–Crippen MR) is 122 cm³/mol. The molecule has 1 N–H and O–H groups in total. The van der Waals surface area contributed by atoms with E-state index in [2.05, 4.69) is 5.32 Å². The SMILES string of the molecule is COc1cc2c(cc1C(F)(F)F)N(C(=O)Nc1cc(F)cc(-c3ccc[n+](COC(C)=O)c3)c1)CC2.[Cl-]. The van der Waals surface area contributed by atoms with Crippen LogP contribution in [0.4, 0.5) is 33.7 Å². The Balaban J connectivity index is 0.00000380.